The van der Waals surface area contributed by atoms with E-state index in [4.69, 9.17) is 0 Å². The Morgan fingerprint density at radius 3 is 2.81 bits per heavy atom. The molecule has 108 valence electrons. The quantitative estimate of drug-likeness (QED) is 0.616. The fraction of sp³-hybridized carbons (Fsp3) is 0.231. The van der Waals surface area contributed by atoms with Gasteiger partial charge in [-0.1, -0.05) is 22.0 Å². The van der Waals surface area contributed by atoms with E-state index < -0.39 is 29.7 Å². The third-order valence-corrected chi connectivity index (χ3v) is 3.88. The van der Waals surface area contributed by atoms with Crippen molar-refractivity contribution >= 4 is 45.1 Å². The van der Waals surface area contributed by atoms with Crippen molar-refractivity contribution in [1.82, 2.24) is 5.43 Å². The van der Waals surface area contributed by atoms with Crippen molar-refractivity contribution in [3.63, 3.8) is 0 Å². The highest BCUT2D eigenvalue weighted by Crippen LogP contribution is 2.31. The van der Waals surface area contributed by atoms with Gasteiger partial charge in [0.2, 0.25) is 5.91 Å². The highest BCUT2D eigenvalue weighted by atomic mass is 79.9. The second-order valence-electron chi connectivity index (χ2n) is 4.56. The van der Waals surface area contributed by atoms with Crippen molar-refractivity contribution in [2.45, 2.75) is 6.04 Å². The summed E-state index contributed by atoms with van der Waals surface area (Å²) in [4.78, 5) is 37.6. The van der Waals surface area contributed by atoms with E-state index in [1.54, 1.807) is 24.3 Å². The Bertz CT molecular complexity index is 688. The molecule has 8 heteroatoms. The molecular weight excluding hydrogens is 342 g/mol. The lowest BCUT2D eigenvalue weighted by atomic mass is 9.99. The monoisotopic (exact) mass is 351 g/mol. The van der Waals surface area contributed by atoms with Gasteiger partial charge in [0.25, 0.3) is 5.91 Å². The number of imide groups is 1. The number of anilines is 1. The van der Waals surface area contributed by atoms with Gasteiger partial charge in [0.05, 0.1) is 12.8 Å². The lowest BCUT2D eigenvalue weighted by Crippen LogP contribution is -2.36. The molecule has 1 aromatic carbocycles. The first-order chi connectivity index (χ1) is 10.0. The number of nitrogens with one attached hydrogen (secondary N) is 1. The van der Waals surface area contributed by atoms with Crippen LogP contribution < -0.4 is 10.3 Å². The number of hydrogen-bond acceptors (Lipinski definition) is 6. The van der Waals surface area contributed by atoms with E-state index in [1.807, 2.05) is 0 Å². The van der Waals surface area contributed by atoms with Crippen LogP contribution in [0.25, 0.3) is 0 Å². The standard InChI is InChI=1S/C13H10BrN3O4/c1-21-13(20)10-8-9(15-16-10)12(19)17(11(8)18)7-4-2-3-6(14)5-7/h2-5,8-9,15H,1H3/t8-,9-/m1/s1. The van der Waals surface area contributed by atoms with Gasteiger partial charge in [-0.15, -0.1) is 0 Å². The SMILES string of the molecule is COC(=O)C1=NN[C@H]2C(=O)N(c3cccc(Br)c3)C(=O)[C@@H]12. The van der Waals surface area contributed by atoms with Crippen molar-refractivity contribution in [2.75, 3.05) is 12.0 Å². The van der Waals surface area contributed by atoms with Crippen molar-refractivity contribution < 1.29 is 19.1 Å². The van der Waals surface area contributed by atoms with Gasteiger partial charge in [-0.05, 0) is 18.2 Å². The topological polar surface area (TPSA) is 88.1 Å². The van der Waals surface area contributed by atoms with Crippen molar-refractivity contribution in [2.24, 2.45) is 11.0 Å². The molecule has 1 saturated heterocycles. The predicted molar refractivity (Wildman–Crippen MR) is 76.5 cm³/mol. The van der Waals surface area contributed by atoms with Crippen LogP contribution in [0.5, 0.6) is 0 Å². The molecule has 7 nitrogen and oxygen atoms in total. The van der Waals surface area contributed by atoms with Crippen LogP contribution in [-0.2, 0) is 19.1 Å². The molecule has 0 unspecified atom stereocenters. The smallest absolute Gasteiger partial charge is 0.355 e. The molecule has 2 amide bonds. The summed E-state index contributed by atoms with van der Waals surface area (Å²) in [7, 11) is 1.20. The van der Waals surface area contributed by atoms with E-state index in [9.17, 15) is 14.4 Å². The minimum Gasteiger partial charge on any atom is -0.464 e. The molecule has 2 aliphatic rings. The largest absolute Gasteiger partial charge is 0.464 e. The fourth-order valence-corrected chi connectivity index (χ4v) is 2.82. The maximum Gasteiger partial charge on any atom is 0.355 e. The number of hydrogen-bond donors (Lipinski definition) is 1. The summed E-state index contributed by atoms with van der Waals surface area (Å²) >= 11 is 3.29. The van der Waals surface area contributed by atoms with E-state index in [1.165, 1.54) is 7.11 Å². The summed E-state index contributed by atoms with van der Waals surface area (Å²) in [5.74, 6) is -2.58. The lowest BCUT2D eigenvalue weighted by Gasteiger charge is -2.15. The fourth-order valence-electron chi connectivity index (χ4n) is 2.43. The Kier molecular flexibility index (Phi) is 3.25. The maximum atomic E-state index is 12.5. The predicted octanol–water partition coefficient (Wildman–Crippen LogP) is 0.439. The molecule has 2 aliphatic heterocycles. The van der Waals surface area contributed by atoms with Gasteiger partial charge in [-0.3, -0.25) is 15.0 Å². The Labute approximate surface area is 128 Å². The van der Waals surface area contributed by atoms with Crippen molar-refractivity contribution in [3.05, 3.63) is 28.7 Å². The third-order valence-electron chi connectivity index (χ3n) is 3.39. The van der Waals surface area contributed by atoms with Crippen LogP contribution in [0.4, 0.5) is 5.69 Å². The first-order valence-electron chi connectivity index (χ1n) is 6.09. The Balaban J connectivity index is 1.98. The van der Waals surface area contributed by atoms with E-state index in [0.717, 1.165) is 9.37 Å². The van der Waals surface area contributed by atoms with Gasteiger partial charge in [-0.2, -0.15) is 5.10 Å². The third kappa shape index (κ3) is 2.02. The number of hydrazone groups is 1. The number of halogens is 1. The Morgan fingerprint density at radius 2 is 2.14 bits per heavy atom. The summed E-state index contributed by atoms with van der Waals surface area (Å²) in [6.45, 7) is 0. The van der Waals surface area contributed by atoms with Crippen molar-refractivity contribution in [1.29, 1.82) is 0 Å². The normalized spacial score (nSPS) is 23.7. The van der Waals surface area contributed by atoms with E-state index in [2.05, 4.69) is 31.2 Å². The molecular formula is C13H10BrN3O4. The molecule has 0 aromatic heterocycles. The van der Waals surface area contributed by atoms with Gasteiger partial charge in [-0.25, -0.2) is 9.69 Å². The molecule has 0 aliphatic carbocycles. The van der Waals surface area contributed by atoms with Gasteiger partial charge < -0.3 is 4.74 Å². The Hall–Kier alpha value is -2.22. The maximum absolute atomic E-state index is 12.5. The van der Waals surface area contributed by atoms with Crippen LogP contribution in [-0.4, -0.2) is 36.6 Å². The van der Waals surface area contributed by atoms with Crippen LogP contribution in [0.15, 0.2) is 33.8 Å². The zero-order valence-electron chi connectivity index (χ0n) is 10.9. The number of carbonyl (C=O) groups is 3. The minimum atomic E-state index is -0.941. The van der Waals surface area contributed by atoms with Crippen LogP contribution in [0, 0.1) is 5.92 Å². The number of methoxy groups -OCH3 is 1. The molecule has 1 fully saturated rings. The molecule has 2 atom stereocenters. The summed E-state index contributed by atoms with van der Waals surface area (Å²) in [5, 5.41) is 3.75. The first kappa shape index (κ1) is 13.7. The van der Waals surface area contributed by atoms with E-state index in [-0.39, 0.29) is 5.71 Å². The zero-order valence-corrected chi connectivity index (χ0v) is 12.5. The van der Waals surface area contributed by atoms with Gasteiger partial charge in [0, 0.05) is 4.47 Å². The first-order valence-corrected chi connectivity index (χ1v) is 6.88. The number of esters is 1. The van der Waals surface area contributed by atoms with E-state index >= 15 is 0 Å². The molecule has 1 aromatic rings. The highest BCUT2D eigenvalue weighted by molar-refractivity contribution is 9.10. The molecule has 21 heavy (non-hydrogen) atoms. The van der Waals surface area contributed by atoms with Crippen LogP contribution in [0.3, 0.4) is 0 Å². The van der Waals surface area contributed by atoms with Gasteiger partial charge >= 0.3 is 5.97 Å². The van der Waals surface area contributed by atoms with Gasteiger partial charge in [0.15, 0.2) is 5.71 Å². The summed E-state index contributed by atoms with van der Waals surface area (Å²) in [6.07, 6.45) is 0. The molecule has 1 N–H and O–H groups in total. The number of fused-ring (bicyclic) bond motifs is 1. The lowest BCUT2D eigenvalue weighted by molar-refractivity contribution is -0.133. The number of ether oxygens (including phenoxy) is 1. The average Bonchev–Trinajstić information content (AvgIpc) is 3.00. The Morgan fingerprint density at radius 1 is 1.38 bits per heavy atom. The molecule has 0 spiro atoms. The van der Waals surface area contributed by atoms with Crippen LogP contribution in [0.1, 0.15) is 0 Å². The van der Waals surface area contributed by atoms with Crippen LogP contribution >= 0.6 is 15.9 Å². The molecule has 0 radical (unpaired) electrons. The average molecular weight is 352 g/mol. The van der Waals surface area contributed by atoms with Crippen molar-refractivity contribution in [3.8, 4) is 0 Å². The number of carbonyl (C=O) groups excluding carboxylic acids is 3. The number of benzene rings is 1. The second-order valence-corrected chi connectivity index (χ2v) is 5.48. The number of rotatable bonds is 2. The number of nitrogens with zero attached hydrogens (tertiary/aromatic N) is 2. The summed E-state index contributed by atoms with van der Waals surface area (Å²) in [6, 6.07) is 5.96. The van der Waals surface area contributed by atoms with Gasteiger partial charge in [0.1, 0.15) is 12.0 Å². The second kappa shape index (κ2) is 4.96. The molecule has 2 heterocycles. The minimum absolute atomic E-state index is 0.0710. The zero-order chi connectivity index (χ0) is 15.1. The summed E-state index contributed by atoms with van der Waals surface area (Å²) in [5.41, 5.74) is 2.92. The number of amides is 2. The van der Waals surface area contributed by atoms with E-state index in [0.29, 0.717) is 5.69 Å². The summed E-state index contributed by atoms with van der Waals surface area (Å²) < 4.78 is 5.33. The molecule has 0 saturated carbocycles. The molecule has 0 bridgehead atoms. The molecule has 3 rings (SSSR count). The highest BCUT2D eigenvalue weighted by Gasteiger charge is 2.55. The van der Waals surface area contributed by atoms with Crippen LogP contribution in [0.2, 0.25) is 0 Å².